The van der Waals surface area contributed by atoms with E-state index in [1.807, 2.05) is 18.2 Å². The van der Waals surface area contributed by atoms with Crippen molar-refractivity contribution in [2.45, 2.75) is 38.7 Å². The number of nitrogens with one attached hydrogen (secondary N) is 1. The summed E-state index contributed by atoms with van der Waals surface area (Å²) in [5, 5.41) is 0. The molecule has 0 amide bonds. The first-order chi connectivity index (χ1) is 8.35. The lowest BCUT2D eigenvalue weighted by Gasteiger charge is -2.15. The summed E-state index contributed by atoms with van der Waals surface area (Å²) >= 11 is 0. The van der Waals surface area contributed by atoms with Crippen molar-refractivity contribution in [1.29, 1.82) is 0 Å². The molecule has 0 aliphatic heterocycles. The zero-order chi connectivity index (χ0) is 13.3. The molecule has 1 fully saturated rings. The molecule has 0 atom stereocenters. The van der Waals surface area contributed by atoms with Gasteiger partial charge in [0.15, 0.2) is 0 Å². The van der Waals surface area contributed by atoms with Gasteiger partial charge in [-0.3, -0.25) is 4.72 Å². The lowest BCUT2D eigenvalue weighted by atomic mass is 10.0. The van der Waals surface area contributed by atoms with E-state index < -0.39 is 10.0 Å². The minimum Gasteiger partial charge on any atom is -0.488 e. The van der Waals surface area contributed by atoms with Gasteiger partial charge in [-0.15, -0.1) is 0 Å². The summed E-state index contributed by atoms with van der Waals surface area (Å²) in [6.45, 7) is 4.14. The molecule has 0 bridgehead atoms. The number of rotatable bonds is 5. The molecule has 0 aromatic heterocycles. The predicted molar refractivity (Wildman–Crippen MR) is 72.6 cm³/mol. The molecule has 1 aromatic rings. The molecule has 0 radical (unpaired) electrons. The Balaban J connectivity index is 2.32. The fraction of sp³-hybridized carbons (Fsp3) is 0.538. The zero-order valence-electron chi connectivity index (χ0n) is 10.9. The van der Waals surface area contributed by atoms with E-state index in [2.05, 4.69) is 18.6 Å². The van der Waals surface area contributed by atoms with E-state index in [9.17, 15) is 8.42 Å². The molecular formula is C13H19NO3S. The number of hydrogen-bond acceptors (Lipinski definition) is 3. The minimum absolute atomic E-state index is 0.245. The van der Waals surface area contributed by atoms with Crippen LogP contribution in [0.5, 0.6) is 5.75 Å². The summed E-state index contributed by atoms with van der Waals surface area (Å²) in [6.07, 6.45) is 3.49. The van der Waals surface area contributed by atoms with E-state index >= 15 is 0 Å². The Kier molecular flexibility index (Phi) is 3.52. The first kappa shape index (κ1) is 13.2. The molecule has 4 nitrogen and oxygen atoms in total. The lowest BCUT2D eigenvalue weighted by Crippen LogP contribution is -2.12. The fourth-order valence-electron chi connectivity index (χ4n) is 1.65. The molecule has 1 N–H and O–H groups in total. The van der Waals surface area contributed by atoms with E-state index in [0.717, 1.165) is 24.7 Å². The maximum absolute atomic E-state index is 11.4. The quantitative estimate of drug-likeness (QED) is 0.894. The lowest BCUT2D eigenvalue weighted by molar-refractivity contribution is 0.305. The highest BCUT2D eigenvalue weighted by atomic mass is 32.2. The Morgan fingerprint density at radius 2 is 2.00 bits per heavy atom. The van der Waals surface area contributed by atoms with Gasteiger partial charge in [-0.2, -0.15) is 0 Å². The highest BCUT2D eigenvalue weighted by molar-refractivity contribution is 7.92. The summed E-state index contributed by atoms with van der Waals surface area (Å²) in [4.78, 5) is 0. The third-order valence-corrected chi connectivity index (χ3v) is 3.37. The Morgan fingerprint density at radius 1 is 1.33 bits per heavy atom. The molecule has 1 aliphatic rings. The SMILES string of the molecule is CC(C)c1ccc(OC2CC2)c(NS(C)(=O)=O)c1. The minimum atomic E-state index is -3.29. The van der Waals surface area contributed by atoms with E-state index in [1.54, 1.807) is 0 Å². The molecule has 0 unspecified atom stereocenters. The highest BCUT2D eigenvalue weighted by Gasteiger charge is 2.25. The molecule has 0 heterocycles. The Bertz CT molecular complexity index is 533. The average Bonchev–Trinajstić information content (AvgIpc) is 3.02. The van der Waals surface area contributed by atoms with Crippen LogP contribution in [0.3, 0.4) is 0 Å². The summed E-state index contributed by atoms with van der Waals surface area (Å²) in [7, 11) is -3.29. The summed E-state index contributed by atoms with van der Waals surface area (Å²) in [6, 6.07) is 5.68. The first-order valence-corrected chi connectivity index (χ1v) is 8.02. The van der Waals surface area contributed by atoms with E-state index in [4.69, 9.17) is 4.74 Å². The predicted octanol–water partition coefficient (Wildman–Crippen LogP) is 2.72. The van der Waals surface area contributed by atoms with Gasteiger partial charge in [0.1, 0.15) is 5.75 Å². The third-order valence-electron chi connectivity index (χ3n) is 2.78. The van der Waals surface area contributed by atoms with Crippen molar-refractivity contribution < 1.29 is 13.2 Å². The van der Waals surface area contributed by atoms with Crippen molar-refractivity contribution in [2.24, 2.45) is 0 Å². The Labute approximate surface area is 108 Å². The van der Waals surface area contributed by atoms with Crippen LogP contribution < -0.4 is 9.46 Å². The molecule has 100 valence electrons. The largest absolute Gasteiger partial charge is 0.488 e. The highest BCUT2D eigenvalue weighted by Crippen LogP contribution is 2.34. The first-order valence-electron chi connectivity index (χ1n) is 6.13. The maximum atomic E-state index is 11.4. The molecular weight excluding hydrogens is 250 g/mol. The summed E-state index contributed by atoms with van der Waals surface area (Å²) in [5.74, 6) is 0.965. The van der Waals surface area contributed by atoms with Crippen LogP contribution >= 0.6 is 0 Å². The number of sulfonamides is 1. The molecule has 0 saturated heterocycles. The molecule has 2 rings (SSSR count). The average molecular weight is 269 g/mol. The molecule has 0 spiro atoms. The van der Waals surface area contributed by atoms with Crippen LogP contribution in [0, 0.1) is 0 Å². The normalized spacial score (nSPS) is 15.8. The van der Waals surface area contributed by atoms with E-state index in [0.29, 0.717) is 17.4 Å². The van der Waals surface area contributed by atoms with Crippen LogP contribution in [-0.4, -0.2) is 20.8 Å². The van der Waals surface area contributed by atoms with Crippen LogP contribution in [0.2, 0.25) is 0 Å². The van der Waals surface area contributed by atoms with Gasteiger partial charge in [0.05, 0.1) is 18.0 Å². The van der Waals surface area contributed by atoms with Gasteiger partial charge < -0.3 is 4.74 Å². The van der Waals surface area contributed by atoms with Crippen LogP contribution in [0.1, 0.15) is 38.2 Å². The number of hydrogen-bond donors (Lipinski definition) is 1. The molecule has 1 aliphatic carbocycles. The third kappa shape index (κ3) is 3.63. The smallest absolute Gasteiger partial charge is 0.229 e. The number of benzene rings is 1. The topological polar surface area (TPSA) is 55.4 Å². The molecule has 1 saturated carbocycles. The van der Waals surface area contributed by atoms with E-state index in [-0.39, 0.29) is 6.10 Å². The molecule has 1 aromatic carbocycles. The second kappa shape index (κ2) is 4.80. The van der Waals surface area contributed by atoms with Gasteiger partial charge in [0, 0.05) is 0 Å². The second-order valence-corrected chi connectivity index (χ2v) is 6.85. The van der Waals surface area contributed by atoms with Crippen molar-refractivity contribution in [2.75, 3.05) is 11.0 Å². The fourth-order valence-corrected chi connectivity index (χ4v) is 2.21. The van der Waals surface area contributed by atoms with Crippen LogP contribution in [0.4, 0.5) is 5.69 Å². The van der Waals surface area contributed by atoms with Gasteiger partial charge in [0.2, 0.25) is 10.0 Å². The molecule has 18 heavy (non-hydrogen) atoms. The van der Waals surface area contributed by atoms with Gasteiger partial charge in [-0.05, 0) is 36.5 Å². The maximum Gasteiger partial charge on any atom is 0.229 e. The summed E-state index contributed by atoms with van der Waals surface area (Å²) in [5.41, 5.74) is 1.62. The Morgan fingerprint density at radius 3 is 2.50 bits per heavy atom. The number of anilines is 1. The second-order valence-electron chi connectivity index (χ2n) is 5.10. The summed E-state index contributed by atoms with van der Waals surface area (Å²) < 4.78 is 31.0. The van der Waals surface area contributed by atoms with Crippen molar-refractivity contribution in [3.8, 4) is 5.75 Å². The van der Waals surface area contributed by atoms with Crippen molar-refractivity contribution in [1.82, 2.24) is 0 Å². The molecule has 5 heteroatoms. The zero-order valence-corrected chi connectivity index (χ0v) is 11.8. The Hall–Kier alpha value is -1.23. The van der Waals surface area contributed by atoms with Crippen molar-refractivity contribution >= 4 is 15.7 Å². The van der Waals surface area contributed by atoms with Gasteiger partial charge in [-0.1, -0.05) is 19.9 Å². The standard InChI is InChI=1S/C13H19NO3S/c1-9(2)10-4-7-13(17-11-5-6-11)12(8-10)14-18(3,15)16/h4,7-9,11,14H,5-6H2,1-3H3. The van der Waals surface area contributed by atoms with Gasteiger partial charge in [0.25, 0.3) is 0 Å². The van der Waals surface area contributed by atoms with Crippen LogP contribution in [0.15, 0.2) is 18.2 Å². The number of ether oxygens (including phenoxy) is 1. The van der Waals surface area contributed by atoms with Gasteiger partial charge in [-0.25, -0.2) is 8.42 Å². The van der Waals surface area contributed by atoms with Gasteiger partial charge >= 0.3 is 0 Å². The van der Waals surface area contributed by atoms with E-state index in [1.165, 1.54) is 0 Å². The van der Waals surface area contributed by atoms with Crippen LogP contribution in [0.25, 0.3) is 0 Å². The van der Waals surface area contributed by atoms with Crippen molar-refractivity contribution in [3.05, 3.63) is 23.8 Å². The van der Waals surface area contributed by atoms with Crippen molar-refractivity contribution in [3.63, 3.8) is 0 Å². The van der Waals surface area contributed by atoms with Crippen LogP contribution in [-0.2, 0) is 10.0 Å². The monoisotopic (exact) mass is 269 g/mol.